The van der Waals surface area contributed by atoms with E-state index in [2.05, 4.69) is 21.4 Å². The number of rotatable bonds is 5. The van der Waals surface area contributed by atoms with E-state index in [4.69, 9.17) is 21.4 Å². The molecule has 2 N–H and O–H groups in total. The van der Waals surface area contributed by atoms with E-state index in [1.54, 1.807) is 12.3 Å². The van der Waals surface area contributed by atoms with Crippen molar-refractivity contribution in [1.29, 1.82) is 0 Å². The molecule has 0 bridgehead atoms. The van der Waals surface area contributed by atoms with Gasteiger partial charge in [-0.2, -0.15) is 5.10 Å². The lowest BCUT2D eigenvalue weighted by atomic mass is 10.1. The third kappa shape index (κ3) is 4.51. The van der Waals surface area contributed by atoms with Gasteiger partial charge >= 0.3 is 0 Å². The molecule has 0 aliphatic carbocycles. The van der Waals surface area contributed by atoms with Crippen LogP contribution in [0.4, 0.5) is 5.82 Å². The van der Waals surface area contributed by atoms with E-state index in [-0.39, 0.29) is 17.8 Å². The molecule has 1 aliphatic heterocycles. The summed E-state index contributed by atoms with van der Waals surface area (Å²) in [6.07, 6.45) is 4.90. The van der Waals surface area contributed by atoms with Crippen molar-refractivity contribution in [3.8, 4) is 11.3 Å². The minimum absolute atomic E-state index is 0.0473. The fourth-order valence-electron chi connectivity index (χ4n) is 4.35. The molecular formula is C25H26ClN5O2. The molecule has 4 aromatic rings. The standard InChI is InChI=1S/C25H26ClN5O2/c1-15-11-22(31(30-15)24-5-3-4-10-33-24)17-8-9-27-23(14-17)28-16(2)20-13-18-12-19(26)6-7-21(18)29-25(20)32/h6-9,11-14,16,24H,3-5,10H2,1-2H3,(H,27,28)(H,29,32)/t16-,24?/m0/s1. The molecule has 0 spiro atoms. The monoisotopic (exact) mass is 463 g/mol. The van der Waals surface area contributed by atoms with Crippen LogP contribution < -0.4 is 10.9 Å². The number of fused-ring (bicyclic) bond motifs is 1. The first-order valence-corrected chi connectivity index (χ1v) is 11.6. The number of hydrogen-bond donors (Lipinski definition) is 2. The highest BCUT2D eigenvalue weighted by Gasteiger charge is 2.21. The molecule has 0 radical (unpaired) electrons. The third-order valence-corrected chi connectivity index (χ3v) is 6.24. The van der Waals surface area contributed by atoms with Gasteiger partial charge in [0.15, 0.2) is 6.23 Å². The predicted molar refractivity (Wildman–Crippen MR) is 131 cm³/mol. The SMILES string of the molecule is Cc1cc(-c2ccnc(N[C@@H](C)c3cc4cc(Cl)ccc4[nH]c3=O)c2)n(C2CCCCO2)n1. The number of aromatic amines is 1. The molecule has 1 unspecified atom stereocenters. The van der Waals surface area contributed by atoms with Crippen molar-refractivity contribution in [3.05, 3.63) is 75.3 Å². The van der Waals surface area contributed by atoms with Crippen molar-refractivity contribution in [1.82, 2.24) is 19.7 Å². The van der Waals surface area contributed by atoms with Gasteiger partial charge in [0.2, 0.25) is 0 Å². The molecule has 8 heteroatoms. The number of nitrogens with zero attached hydrogens (tertiary/aromatic N) is 3. The van der Waals surface area contributed by atoms with Gasteiger partial charge in [0.25, 0.3) is 5.56 Å². The maximum absolute atomic E-state index is 12.7. The Bertz CT molecular complexity index is 1360. The first kappa shape index (κ1) is 21.7. The molecule has 1 fully saturated rings. The summed E-state index contributed by atoms with van der Waals surface area (Å²) in [5.74, 6) is 0.681. The van der Waals surface area contributed by atoms with Crippen LogP contribution in [0.25, 0.3) is 22.2 Å². The number of H-pyrrole nitrogens is 1. The van der Waals surface area contributed by atoms with Gasteiger partial charge in [0.05, 0.1) is 17.4 Å². The van der Waals surface area contributed by atoms with Gasteiger partial charge in [-0.1, -0.05) is 11.6 Å². The molecule has 1 aliphatic rings. The number of halogens is 1. The van der Waals surface area contributed by atoms with Crippen LogP contribution in [0.3, 0.4) is 0 Å². The van der Waals surface area contributed by atoms with Crippen molar-refractivity contribution in [2.75, 3.05) is 11.9 Å². The van der Waals surface area contributed by atoms with E-state index < -0.39 is 0 Å². The van der Waals surface area contributed by atoms with Crippen LogP contribution in [0.2, 0.25) is 5.02 Å². The second-order valence-electron chi connectivity index (χ2n) is 8.52. The van der Waals surface area contributed by atoms with Crippen LogP contribution in [-0.2, 0) is 4.74 Å². The second-order valence-corrected chi connectivity index (χ2v) is 8.95. The molecule has 170 valence electrons. The molecule has 5 rings (SSSR count). The van der Waals surface area contributed by atoms with E-state index in [1.807, 2.05) is 48.9 Å². The van der Waals surface area contributed by atoms with Crippen LogP contribution in [0.15, 0.2) is 53.5 Å². The first-order valence-electron chi connectivity index (χ1n) is 11.2. The number of nitrogens with one attached hydrogen (secondary N) is 2. The van der Waals surface area contributed by atoms with Crippen molar-refractivity contribution in [2.24, 2.45) is 0 Å². The van der Waals surface area contributed by atoms with Gasteiger partial charge < -0.3 is 15.0 Å². The van der Waals surface area contributed by atoms with E-state index in [0.29, 0.717) is 16.4 Å². The minimum atomic E-state index is -0.256. The highest BCUT2D eigenvalue weighted by Crippen LogP contribution is 2.30. The van der Waals surface area contributed by atoms with Crippen LogP contribution in [0, 0.1) is 6.92 Å². The molecule has 2 atom stereocenters. The summed E-state index contributed by atoms with van der Waals surface area (Å²) in [6.45, 7) is 4.69. The topological polar surface area (TPSA) is 84.8 Å². The summed E-state index contributed by atoms with van der Waals surface area (Å²) in [5.41, 5.74) is 4.18. The fourth-order valence-corrected chi connectivity index (χ4v) is 4.53. The summed E-state index contributed by atoms with van der Waals surface area (Å²) >= 11 is 6.13. The van der Waals surface area contributed by atoms with Gasteiger partial charge in [-0.25, -0.2) is 9.67 Å². The van der Waals surface area contributed by atoms with Gasteiger partial charge in [-0.15, -0.1) is 0 Å². The molecular weight excluding hydrogens is 438 g/mol. The Kier molecular flexibility index (Phi) is 5.91. The van der Waals surface area contributed by atoms with Gasteiger partial charge in [0, 0.05) is 39.9 Å². The maximum Gasteiger partial charge on any atom is 0.253 e. The van der Waals surface area contributed by atoms with Gasteiger partial charge in [-0.3, -0.25) is 4.79 Å². The number of aryl methyl sites for hydroxylation is 1. The van der Waals surface area contributed by atoms with E-state index in [1.165, 1.54) is 0 Å². The fraction of sp³-hybridized carbons (Fsp3) is 0.320. The lowest BCUT2D eigenvalue weighted by Crippen LogP contribution is -2.20. The highest BCUT2D eigenvalue weighted by atomic mass is 35.5. The Balaban J connectivity index is 1.43. The van der Waals surface area contributed by atoms with Crippen LogP contribution in [0.5, 0.6) is 0 Å². The average molecular weight is 464 g/mol. The Morgan fingerprint density at radius 3 is 2.91 bits per heavy atom. The number of pyridine rings is 2. The van der Waals surface area contributed by atoms with E-state index in [0.717, 1.165) is 53.7 Å². The zero-order valence-electron chi connectivity index (χ0n) is 18.6. The molecule has 1 aromatic carbocycles. The zero-order chi connectivity index (χ0) is 22.9. The lowest BCUT2D eigenvalue weighted by Gasteiger charge is -2.24. The zero-order valence-corrected chi connectivity index (χ0v) is 19.4. The summed E-state index contributed by atoms with van der Waals surface area (Å²) < 4.78 is 7.95. The van der Waals surface area contributed by atoms with Crippen molar-refractivity contribution in [3.63, 3.8) is 0 Å². The number of hydrogen-bond acceptors (Lipinski definition) is 5. The molecule has 1 saturated heterocycles. The van der Waals surface area contributed by atoms with Crippen LogP contribution in [0.1, 0.15) is 49.7 Å². The minimum Gasteiger partial charge on any atom is -0.363 e. The Labute approximate surface area is 196 Å². The van der Waals surface area contributed by atoms with Crippen molar-refractivity contribution >= 4 is 28.3 Å². The number of ether oxygens (including phenoxy) is 1. The van der Waals surface area contributed by atoms with Gasteiger partial charge in [-0.05, 0) is 75.6 Å². The molecule has 4 heterocycles. The molecule has 0 amide bonds. The second kappa shape index (κ2) is 9.00. The summed E-state index contributed by atoms with van der Waals surface area (Å²) in [5, 5.41) is 9.58. The Hall–Kier alpha value is -3.16. The average Bonchev–Trinajstić information content (AvgIpc) is 3.21. The third-order valence-electron chi connectivity index (χ3n) is 6.01. The van der Waals surface area contributed by atoms with Crippen molar-refractivity contribution in [2.45, 2.75) is 45.4 Å². The van der Waals surface area contributed by atoms with Crippen LogP contribution in [-0.4, -0.2) is 26.4 Å². The Morgan fingerprint density at radius 1 is 1.21 bits per heavy atom. The van der Waals surface area contributed by atoms with E-state index >= 15 is 0 Å². The molecule has 3 aromatic heterocycles. The number of aromatic nitrogens is 4. The van der Waals surface area contributed by atoms with Crippen molar-refractivity contribution < 1.29 is 4.74 Å². The summed E-state index contributed by atoms with van der Waals surface area (Å²) in [4.78, 5) is 20.1. The summed E-state index contributed by atoms with van der Waals surface area (Å²) in [6, 6.07) is 13.1. The molecule has 7 nitrogen and oxygen atoms in total. The normalized spacial score (nSPS) is 17.2. The summed E-state index contributed by atoms with van der Waals surface area (Å²) in [7, 11) is 0. The smallest absolute Gasteiger partial charge is 0.253 e. The quantitative estimate of drug-likeness (QED) is 0.401. The number of anilines is 1. The van der Waals surface area contributed by atoms with Crippen LogP contribution >= 0.6 is 11.6 Å². The van der Waals surface area contributed by atoms with E-state index in [9.17, 15) is 4.79 Å². The largest absolute Gasteiger partial charge is 0.363 e. The Morgan fingerprint density at radius 2 is 2.09 bits per heavy atom. The number of benzene rings is 1. The molecule has 33 heavy (non-hydrogen) atoms. The highest BCUT2D eigenvalue weighted by molar-refractivity contribution is 6.31. The maximum atomic E-state index is 12.7. The lowest BCUT2D eigenvalue weighted by molar-refractivity contribution is -0.0385. The van der Waals surface area contributed by atoms with Gasteiger partial charge in [0.1, 0.15) is 5.82 Å². The molecule has 0 saturated carbocycles. The first-order chi connectivity index (χ1) is 16.0. The predicted octanol–water partition coefficient (Wildman–Crippen LogP) is 5.62.